The molecule has 0 fully saturated rings. The molecule has 0 atom stereocenters. The highest BCUT2D eigenvalue weighted by atomic mass is 127. The number of amides is 1. The van der Waals surface area contributed by atoms with Crippen molar-refractivity contribution < 1.29 is 18.7 Å². The number of nitrogens with zero attached hydrogens (tertiary/aromatic N) is 2. The van der Waals surface area contributed by atoms with E-state index in [4.69, 9.17) is 21.1 Å². The molecule has 8 heteroatoms. The predicted octanol–water partition coefficient (Wildman–Crippen LogP) is 5.44. The van der Waals surface area contributed by atoms with Gasteiger partial charge in [-0.15, -0.1) is 0 Å². The van der Waals surface area contributed by atoms with Crippen molar-refractivity contribution in [1.29, 1.82) is 0 Å². The summed E-state index contributed by atoms with van der Waals surface area (Å²) in [5, 5.41) is -0.124. The minimum Gasteiger partial charge on any atom is -0.486 e. The molecule has 2 heterocycles. The molecule has 0 unspecified atom stereocenters. The Labute approximate surface area is 163 Å². The van der Waals surface area contributed by atoms with Crippen LogP contribution < -0.4 is 9.64 Å². The standard InChI is InChI=1S/C17H15ClFIN2O3/c1-17(2,3)25-16(23)22-12-6-9(20)4-5-13(12)24-8-10-14(18)11(19)7-21-15(10)22/h4-7H,8H2,1-3H3. The molecule has 0 saturated carbocycles. The van der Waals surface area contributed by atoms with Crippen LogP contribution in [0.1, 0.15) is 26.3 Å². The van der Waals surface area contributed by atoms with Crippen LogP contribution in [0.25, 0.3) is 0 Å². The van der Waals surface area contributed by atoms with Gasteiger partial charge in [0.15, 0.2) is 11.6 Å². The normalized spacial score (nSPS) is 13.4. The van der Waals surface area contributed by atoms with Crippen molar-refractivity contribution in [3.63, 3.8) is 0 Å². The first-order chi connectivity index (χ1) is 11.7. The lowest BCUT2D eigenvalue weighted by molar-refractivity contribution is 0.0598. The maximum absolute atomic E-state index is 13.8. The Balaban J connectivity index is 2.21. The number of pyridine rings is 1. The topological polar surface area (TPSA) is 51.7 Å². The molecule has 0 aliphatic carbocycles. The van der Waals surface area contributed by atoms with Crippen molar-refractivity contribution in [2.75, 3.05) is 4.90 Å². The molecule has 0 saturated heterocycles. The lowest BCUT2D eigenvalue weighted by Gasteiger charge is -2.27. The number of fused-ring (bicyclic) bond motifs is 2. The van der Waals surface area contributed by atoms with E-state index in [9.17, 15) is 9.18 Å². The maximum Gasteiger partial charge on any atom is 0.420 e. The third kappa shape index (κ3) is 3.67. The minimum absolute atomic E-state index is 0.00812. The zero-order chi connectivity index (χ0) is 18.4. The van der Waals surface area contributed by atoms with E-state index in [0.717, 1.165) is 9.77 Å². The second kappa shape index (κ2) is 6.60. The summed E-state index contributed by atoms with van der Waals surface area (Å²) in [6, 6.07) is 5.36. The number of carbonyl (C=O) groups is 1. The van der Waals surface area contributed by atoms with Crippen LogP contribution in [0.3, 0.4) is 0 Å². The van der Waals surface area contributed by atoms with Gasteiger partial charge in [-0.1, -0.05) is 11.6 Å². The average molecular weight is 477 g/mol. The van der Waals surface area contributed by atoms with Crippen LogP contribution in [-0.4, -0.2) is 16.7 Å². The van der Waals surface area contributed by atoms with Crippen LogP contribution in [0.15, 0.2) is 24.4 Å². The molecule has 0 bridgehead atoms. The van der Waals surface area contributed by atoms with E-state index < -0.39 is 17.5 Å². The first kappa shape index (κ1) is 18.2. The van der Waals surface area contributed by atoms with Crippen LogP contribution >= 0.6 is 34.2 Å². The van der Waals surface area contributed by atoms with Crippen LogP contribution in [0.5, 0.6) is 5.75 Å². The molecule has 1 aliphatic heterocycles. The molecule has 0 N–H and O–H groups in total. The van der Waals surface area contributed by atoms with E-state index in [2.05, 4.69) is 27.6 Å². The van der Waals surface area contributed by atoms with Crippen molar-refractivity contribution in [3.8, 4) is 5.75 Å². The summed E-state index contributed by atoms with van der Waals surface area (Å²) >= 11 is 8.22. The SMILES string of the molecule is CC(C)(C)OC(=O)N1c2cc(I)ccc2OCc2c1ncc(F)c2Cl. The van der Waals surface area contributed by atoms with Gasteiger partial charge in [0.1, 0.15) is 18.0 Å². The summed E-state index contributed by atoms with van der Waals surface area (Å²) in [4.78, 5) is 18.2. The summed E-state index contributed by atoms with van der Waals surface area (Å²) < 4.78 is 26.0. The largest absolute Gasteiger partial charge is 0.486 e. The molecule has 5 nitrogen and oxygen atoms in total. The highest BCUT2D eigenvalue weighted by Gasteiger charge is 2.33. The van der Waals surface area contributed by atoms with Crippen molar-refractivity contribution in [2.24, 2.45) is 0 Å². The quantitative estimate of drug-likeness (QED) is 0.475. The van der Waals surface area contributed by atoms with Crippen molar-refractivity contribution in [2.45, 2.75) is 33.0 Å². The van der Waals surface area contributed by atoms with Gasteiger partial charge in [-0.2, -0.15) is 0 Å². The van der Waals surface area contributed by atoms with Crippen LogP contribution in [0, 0.1) is 9.39 Å². The Kier molecular flexibility index (Phi) is 4.80. The summed E-state index contributed by atoms with van der Waals surface area (Å²) in [5.74, 6) is -0.0177. The number of rotatable bonds is 0. The number of hydrogen-bond acceptors (Lipinski definition) is 4. The van der Waals surface area contributed by atoms with Gasteiger partial charge in [-0.25, -0.2) is 19.1 Å². The summed E-state index contributed by atoms with van der Waals surface area (Å²) in [7, 11) is 0. The molecular formula is C17H15ClFIN2O3. The smallest absolute Gasteiger partial charge is 0.420 e. The van der Waals surface area contributed by atoms with Crippen molar-refractivity contribution >= 4 is 51.8 Å². The Morgan fingerprint density at radius 3 is 2.84 bits per heavy atom. The summed E-state index contributed by atoms with van der Waals surface area (Å²) in [5.41, 5.74) is 0.0462. The third-order valence-corrected chi connectivity index (χ3v) is 4.45. The zero-order valence-corrected chi connectivity index (χ0v) is 16.7. The molecule has 0 radical (unpaired) electrons. The maximum atomic E-state index is 13.8. The monoisotopic (exact) mass is 476 g/mol. The van der Waals surface area contributed by atoms with Crippen molar-refractivity contribution in [3.05, 3.63) is 44.4 Å². The molecule has 1 aliphatic rings. The number of hydrogen-bond donors (Lipinski definition) is 0. The highest BCUT2D eigenvalue weighted by Crippen LogP contribution is 2.42. The summed E-state index contributed by atoms with van der Waals surface area (Å²) in [6.07, 6.45) is 0.343. The van der Waals surface area contributed by atoms with Gasteiger partial charge in [-0.3, -0.25) is 0 Å². The molecule has 1 aromatic carbocycles. The Morgan fingerprint density at radius 1 is 1.44 bits per heavy atom. The van der Waals surface area contributed by atoms with E-state index in [-0.39, 0.29) is 17.4 Å². The van der Waals surface area contributed by atoms with Gasteiger partial charge < -0.3 is 9.47 Å². The average Bonchev–Trinajstić information content (AvgIpc) is 2.66. The number of benzene rings is 1. The summed E-state index contributed by atoms with van der Waals surface area (Å²) in [6.45, 7) is 5.29. The number of ether oxygens (including phenoxy) is 2. The molecule has 1 aromatic heterocycles. The van der Waals surface area contributed by atoms with Gasteiger partial charge in [0.25, 0.3) is 0 Å². The number of carbonyl (C=O) groups excluding carboxylic acids is 1. The second-order valence-corrected chi connectivity index (χ2v) is 8.06. The van der Waals surface area contributed by atoms with Crippen LogP contribution in [-0.2, 0) is 11.3 Å². The Bertz CT molecular complexity index is 855. The van der Waals surface area contributed by atoms with Gasteiger partial charge in [0, 0.05) is 3.57 Å². The van der Waals surface area contributed by atoms with E-state index in [0.29, 0.717) is 17.0 Å². The fraction of sp³-hybridized carbons (Fsp3) is 0.294. The van der Waals surface area contributed by atoms with Gasteiger partial charge in [-0.05, 0) is 61.6 Å². The van der Waals surface area contributed by atoms with E-state index in [1.807, 2.05) is 6.07 Å². The third-order valence-electron chi connectivity index (χ3n) is 3.37. The van der Waals surface area contributed by atoms with Crippen molar-refractivity contribution in [1.82, 2.24) is 4.98 Å². The fourth-order valence-electron chi connectivity index (χ4n) is 2.36. The molecule has 1 amide bonds. The Hall–Kier alpha value is -1.61. The van der Waals surface area contributed by atoms with E-state index in [1.54, 1.807) is 32.9 Å². The van der Waals surface area contributed by atoms with Gasteiger partial charge in [0.2, 0.25) is 0 Å². The van der Waals surface area contributed by atoms with Gasteiger partial charge in [0.05, 0.1) is 22.5 Å². The lowest BCUT2D eigenvalue weighted by atomic mass is 10.2. The number of anilines is 2. The molecule has 2 aromatic rings. The molecule has 0 spiro atoms. The number of aromatic nitrogens is 1. The zero-order valence-electron chi connectivity index (χ0n) is 13.8. The second-order valence-electron chi connectivity index (χ2n) is 6.44. The van der Waals surface area contributed by atoms with E-state index >= 15 is 0 Å². The highest BCUT2D eigenvalue weighted by molar-refractivity contribution is 14.1. The number of halogens is 3. The van der Waals surface area contributed by atoms with Crippen LogP contribution in [0.2, 0.25) is 5.02 Å². The molecule has 132 valence electrons. The fourth-order valence-corrected chi connectivity index (χ4v) is 3.02. The van der Waals surface area contributed by atoms with E-state index in [1.165, 1.54) is 4.90 Å². The van der Waals surface area contributed by atoms with Gasteiger partial charge >= 0.3 is 6.09 Å². The first-order valence-corrected chi connectivity index (χ1v) is 8.91. The molecule has 3 rings (SSSR count). The first-order valence-electron chi connectivity index (χ1n) is 7.46. The lowest BCUT2D eigenvalue weighted by Crippen LogP contribution is -2.34. The predicted molar refractivity (Wildman–Crippen MR) is 101 cm³/mol. The molecule has 25 heavy (non-hydrogen) atoms. The molecular weight excluding hydrogens is 462 g/mol. The minimum atomic E-state index is -0.712. The van der Waals surface area contributed by atoms with Crippen LogP contribution in [0.4, 0.5) is 20.7 Å². The Morgan fingerprint density at radius 2 is 2.16 bits per heavy atom.